The highest BCUT2D eigenvalue weighted by Crippen LogP contribution is 2.29. The summed E-state index contributed by atoms with van der Waals surface area (Å²) in [7, 11) is 0. The molecule has 0 radical (unpaired) electrons. The largest absolute Gasteiger partial charge is 0.508 e. The predicted octanol–water partition coefficient (Wildman–Crippen LogP) is 2.77. The lowest BCUT2D eigenvalue weighted by Crippen LogP contribution is -1.92. The minimum atomic E-state index is -0.0724. The van der Waals surface area contributed by atoms with Gasteiger partial charge in [0, 0.05) is 17.8 Å². The van der Waals surface area contributed by atoms with Gasteiger partial charge in [0.1, 0.15) is 17.2 Å². The Hall–Kier alpha value is -2.89. The third kappa shape index (κ3) is 2.55. The lowest BCUT2D eigenvalue weighted by Gasteiger charge is -2.00. The van der Waals surface area contributed by atoms with Crippen molar-refractivity contribution in [1.29, 1.82) is 0 Å². The van der Waals surface area contributed by atoms with E-state index in [9.17, 15) is 10.2 Å². The minimum Gasteiger partial charge on any atom is -0.508 e. The van der Waals surface area contributed by atoms with Crippen molar-refractivity contribution >= 4 is 0 Å². The summed E-state index contributed by atoms with van der Waals surface area (Å²) in [4.78, 5) is 8.56. The molecule has 0 fully saturated rings. The molecular weight excluding hydrogens is 270 g/mol. The van der Waals surface area contributed by atoms with Crippen LogP contribution in [-0.2, 0) is 6.42 Å². The van der Waals surface area contributed by atoms with E-state index in [4.69, 9.17) is 4.52 Å². The fourth-order valence-corrected chi connectivity index (χ4v) is 2.08. The monoisotopic (exact) mass is 283 g/mol. The number of phenols is 2. The van der Waals surface area contributed by atoms with Crippen molar-refractivity contribution in [3.63, 3.8) is 0 Å². The number of hydrogen-bond donors (Lipinski definition) is 2. The Morgan fingerprint density at radius 1 is 1.14 bits per heavy atom. The molecule has 3 aromatic rings. The van der Waals surface area contributed by atoms with E-state index in [-0.39, 0.29) is 17.4 Å². The van der Waals surface area contributed by atoms with Crippen LogP contribution in [0.2, 0.25) is 0 Å². The number of rotatable bonds is 3. The molecule has 0 bridgehead atoms. The molecule has 6 nitrogen and oxygen atoms in total. The first-order valence-electron chi connectivity index (χ1n) is 6.48. The fraction of sp³-hybridized carbons (Fsp3) is 0.133. The number of aromatic hydroxyl groups is 2. The van der Waals surface area contributed by atoms with Crippen molar-refractivity contribution in [2.24, 2.45) is 0 Å². The molecule has 0 spiro atoms. The minimum absolute atomic E-state index is 0.0724. The smallest absolute Gasteiger partial charge is 0.258 e. The fourth-order valence-electron chi connectivity index (χ4n) is 2.08. The molecule has 0 unspecified atom stereocenters. The highest BCUT2D eigenvalue weighted by molar-refractivity contribution is 5.62. The van der Waals surface area contributed by atoms with Crippen LogP contribution < -0.4 is 0 Å². The molecule has 21 heavy (non-hydrogen) atoms. The van der Waals surface area contributed by atoms with Gasteiger partial charge in [-0.15, -0.1) is 0 Å². The van der Waals surface area contributed by atoms with Gasteiger partial charge in [-0.3, -0.25) is 4.98 Å². The van der Waals surface area contributed by atoms with Gasteiger partial charge >= 0.3 is 0 Å². The molecule has 0 aliphatic heterocycles. The zero-order valence-electron chi connectivity index (χ0n) is 11.3. The van der Waals surface area contributed by atoms with Gasteiger partial charge in [0.2, 0.25) is 5.82 Å². The maximum atomic E-state index is 9.50. The van der Waals surface area contributed by atoms with Crippen LogP contribution >= 0.6 is 0 Å². The van der Waals surface area contributed by atoms with Gasteiger partial charge in [-0.25, -0.2) is 0 Å². The molecule has 6 heteroatoms. The van der Waals surface area contributed by atoms with E-state index in [0.29, 0.717) is 17.1 Å². The Labute approximate surface area is 120 Å². The van der Waals surface area contributed by atoms with Crippen LogP contribution in [0.3, 0.4) is 0 Å². The van der Waals surface area contributed by atoms with Gasteiger partial charge in [-0.05, 0) is 30.2 Å². The lowest BCUT2D eigenvalue weighted by atomic mass is 10.1. The van der Waals surface area contributed by atoms with E-state index < -0.39 is 0 Å². The van der Waals surface area contributed by atoms with E-state index in [0.717, 1.165) is 12.0 Å². The topological polar surface area (TPSA) is 92.3 Å². The van der Waals surface area contributed by atoms with E-state index in [1.54, 1.807) is 6.20 Å². The second-order valence-corrected chi connectivity index (χ2v) is 4.53. The molecule has 106 valence electrons. The number of phenolic OH excluding ortho intramolecular Hbond substituents is 2. The maximum Gasteiger partial charge on any atom is 0.258 e. The summed E-state index contributed by atoms with van der Waals surface area (Å²) >= 11 is 0. The number of hydrogen-bond acceptors (Lipinski definition) is 6. The van der Waals surface area contributed by atoms with E-state index in [2.05, 4.69) is 15.1 Å². The highest BCUT2D eigenvalue weighted by Gasteiger charge is 2.15. The van der Waals surface area contributed by atoms with Gasteiger partial charge in [-0.2, -0.15) is 4.98 Å². The first-order chi connectivity index (χ1) is 10.2. The summed E-state index contributed by atoms with van der Waals surface area (Å²) < 4.78 is 5.19. The van der Waals surface area contributed by atoms with Crippen LogP contribution in [0.4, 0.5) is 0 Å². The number of nitrogens with zero attached hydrogens (tertiary/aromatic N) is 3. The quantitative estimate of drug-likeness (QED) is 0.767. The van der Waals surface area contributed by atoms with Crippen molar-refractivity contribution in [2.75, 3.05) is 0 Å². The summed E-state index contributed by atoms with van der Waals surface area (Å²) in [5, 5.41) is 22.9. The van der Waals surface area contributed by atoms with Crippen LogP contribution in [0.25, 0.3) is 23.0 Å². The Balaban J connectivity index is 2.04. The highest BCUT2D eigenvalue weighted by atomic mass is 16.5. The molecule has 2 heterocycles. The van der Waals surface area contributed by atoms with Crippen molar-refractivity contribution in [2.45, 2.75) is 13.3 Å². The number of aromatic nitrogens is 3. The van der Waals surface area contributed by atoms with Gasteiger partial charge in [0.25, 0.3) is 5.89 Å². The molecule has 0 atom stereocenters. The first kappa shape index (κ1) is 13.1. The average Bonchev–Trinajstić information content (AvgIpc) is 2.96. The lowest BCUT2D eigenvalue weighted by molar-refractivity contribution is 0.428. The molecule has 0 amide bonds. The molecule has 0 aliphatic rings. The summed E-state index contributed by atoms with van der Waals surface area (Å²) in [5.74, 6) is 0.447. The Morgan fingerprint density at radius 2 is 1.90 bits per heavy atom. The zero-order chi connectivity index (χ0) is 14.8. The number of aryl methyl sites for hydroxylation is 1. The van der Waals surface area contributed by atoms with Crippen LogP contribution in [0, 0.1) is 0 Å². The molecule has 0 aliphatic carbocycles. The summed E-state index contributed by atoms with van der Waals surface area (Å²) in [6.45, 7) is 2.02. The second kappa shape index (κ2) is 5.24. The summed E-state index contributed by atoms with van der Waals surface area (Å²) in [6.07, 6.45) is 2.48. The van der Waals surface area contributed by atoms with E-state index >= 15 is 0 Å². The van der Waals surface area contributed by atoms with Crippen molar-refractivity contribution < 1.29 is 14.7 Å². The SMILES string of the molecule is CCc1cccnc1-c1noc(-c2cc(O)cc(O)c2)n1. The second-order valence-electron chi connectivity index (χ2n) is 4.53. The van der Waals surface area contributed by atoms with Crippen molar-refractivity contribution in [3.05, 3.63) is 42.1 Å². The van der Waals surface area contributed by atoms with Gasteiger partial charge in [-0.1, -0.05) is 18.1 Å². The molecule has 0 saturated carbocycles. The normalized spacial score (nSPS) is 10.7. The van der Waals surface area contributed by atoms with E-state index in [1.165, 1.54) is 18.2 Å². The third-order valence-electron chi connectivity index (χ3n) is 3.06. The van der Waals surface area contributed by atoms with Crippen LogP contribution in [0.5, 0.6) is 11.5 Å². The Morgan fingerprint density at radius 3 is 2.62 bits per heavy atom. The van der Waals surface area contributed by atoms with Crippen LogP contribution in [0.15, 0.2) is 41.1 Å². The Bertz CT molecular complexity index is 763. The average molecular weight is 283 g/mol. The van der Waals surface area contributed by atoms with Crippen LogP contribution in [-0.4, -0.2) is 25.3 Å². The van der Waals surface area contributed by atoms with Gasteiger partial charge in [0.05, 0.1) is 0 Å². The molecule has 2 N–H and O–H groups in total. The van der Waals surface area contributed by atoms with Crippen molar-refractivity contribution in [3.8, 4) is 34.5 Å². The first-order valence-corrected chi connectivity index (χ1v) is 6.48. The summed E-state index contributed by atoms with van der Waals surface area (Å²) in [6, 6.07) is 7.93. The summed E-state index contributed by atoms with van der Waals surface area (Å²) in [5.41, 5.74) is 2.13. The maximum absolute atomic E-state index is 9.50. The third-order valence-corrected chi connectivity index (χ3v) is 3.06. The molecule has 3 rings (SSSR count). The predicted molar refractivity (Wildman–Crippen MR) is 75.7 cm³/mol. The number of benzene rings is 1. The zero-order valence-corrected chi connectivity index (χ0v) is 11.3. The van der Waals surface area contributed by atoms with E-state index in [1.807, 2.05) is 19.1 Å². The van der Waals surface area contributed by atoms with Gasteiger partial charge in [0.15, 0.2) is 0 Å². The molecule has 1 aromatic carbocycles. The molecule has 0 saturated heterocycles. The molecular formula is C15H13N3O3. The van der Waals surface area contributed by atoms with Crippen LogP contribution in [0.1, 0.15) is 12.5 Å². The molecule has 2 aromatic heterocycles. The van der Waals surface area contributed by atoms with Gasteiger partial charge < -0.3 is 14.7 Å². The number of pyridine rings is 1. The standard InChI is InChI=1S/C15H13N3O3/c1-2-9-4-3-5-16-13(9)14-17-15(21-18-14)10-6-11(19)8-12(20)7-10/h3-8,19-20H,2H2,1H3. The Kier molecular flexibility index (Phi) is 3.27. The van der Waals surface area contributed by atoms with Crippen molar-refractivity contribution in [1.82, 2.24) is 15.1 Å².